The fourth-order valence-electron chi connectivity index (χ4n) is 5.22. The molecule has 0 radical (unpaired) electrons. The second-order valence-electron chi connectivity index (χ2n) is 10.5. The van der Waals surface area contributed by atoms with E-state index in [0.29, 0.717) is 42.0 Å². The SMILES string of the molecule is CCOc1cc(CN2CCC(Nc3nc4cc(NC(=O)C5CCC5)ccc4o3)CC2)cc(OCC)c1NC(C)=O. The van der Waals surface area contributed by atoms with Crippen molar-refractivity contribution in [3.05, 3.63) is 35.9 Å². The number of rotatable bonds is 11. The minimum Gasteiger partial charge on any atom is -0.492 e. The second kappa shape index (κ2) is 12.6. The molecule has 40 heavy (non-hydrogen) atoms. The van der Waals surface area contributed by atoms with Crippen LogP contribution in [0.2, 0.25) is 0 Å². The van der Waals surface area contributed by atoms with E-state index >= 15 is 0 Å². The highest BCUT2D eigenvalue weighted by Crippen LogP contribution is 2.37. The van der Waals surface area contributed by atoms with Gasteiger partial charge in [-0.05, 0) is 75.4 Å². The van der Waals surface area contributed by atoms with Crippen LogP contribution >= 0.6 is 0 Å². The van der Waals surface area contributed by atoms with Gasteiger partial charge >= 0.3 is 0 Å². The molecule has 2 fully saturated rings. The van der Waals surface area contributed by atoms with Gasteiger partial charge in [-0.25, -0.2) is 0 Å². The molecule has 0 atom stereocenters. The maximum atomic E-state index is 12.3. The van der Waals surface area contributed by atoms with Gasteiger partial charge in [0.1, 0.15) is 22.7 Å². The number of ether oxygens (including phenoxy) is 2. The zero-order valence-corrected chi connectivity index (χ0v) is 23.5. The molecule has 1 saturated heterocycles. The van der Waals surface area contributed by atoms with Gasteiger partial charge in [0.05, 0.1) is 13.2 Å². The van der Waals surface area contributed by atoms with Gasteiger partial charge in [-0.15, -0.1) is 0 Å². The van der Waals surface area contributed by atoms with Crippen LogP contribution in [0, 0.1) is 5.92 Å². The number of piperidine rings is 1. The largest absolute Gasteiger partial charge is 0.492 e. The number of anilines is 3. The predicted octanol–water partition coefficient (Wildman–Crippen LogP) is 5.40. The van der Waals surface area contributed by atoms with Crippen LogP contribution in [0.25, 0.3) is 11.1 Å². The number of hydrogen-bond donors (Lipinski definition) is 3. The number of carbonyl (C=O) groups excluding carboxylic acids is 2. The first-order valence-corrected chi connectivity index (χ1v) is 14.3. The molecule has 3 aromatic rings. The molecule has 0 bridgehead atoms. The van der Waals surface area contributed by atoms with Gasteiger partial charge in [-0.2, -0.15) is 4.98 Å². The summed E-state index contributed by atoms with van der Waals surface area (Å²) in [4.78, 5) is 31.1. The number of oxazole rings is 1. The third-order valence-electron chi connectivity index (χ3n) is 7.48. The number of fused-ring (bicyclic) bond motifs is 1. The van der Waals surface area contributed by atoms with Crippen molar-refractivity contribution in [2.45, 2.75) is 65.5 Å². The Labute approximate surface area is 234 Å². The molecular formula is C30H39N5O5. The van der Waals surface area contributed by atoms with E-state index in [2.05, 4.69) is 25.8 Å². The number of nitrogens with zero attached hydrogens (tertiary/aromatic N) is 2. The molecule has 1 aliphatic heterocycles. The van der Waals surface area contributed by atoms with E-state index in [4.69, 9.17) is 13.9 Å². The summed E-state index contributed by atoms with van der Waals surface area (Å²) < 4.78 is 17.6. The number of hydrogen-bond acceptors (Lipinski definition) is 8. The molecule has 3 N–H and O–H groups in total. The lowest BCUT2D eigenvalue weighted by Gasteiger charge is -2.32. The molecule has 214 valence electrons. The molecule has 2 amide bonds. The van der Waals surface area contributed by atoms with Crippen LogP contribution in [0.3, 0.4) is 0 Å². The van der Waals surface area contributed by atoms with Crippen LogP contribution in [0.1, 0.15) is 58.4 Å². The third kappa shape index (κ3) is 6.67. The van der Waals surface area contributed by atoms with Crippen molar-refractivity contribution in [2.75, 3.05) is 42.3 Å². The Balaban J connectivity index is 1.18. The van der Waals surface area contributed by atoms with Crippen LogP contribution < -0.4 is 25.4 Å². The zero-order chi connectivity index (χ0) is 28.1. The molecule has 5 rings (SSSR count). The average molecular weight is 550 g/mol. The van der Waals surface area contributed by atoms with Crippen molar-refractivity contribution in [1.29, 1.82) is 0 Å². The summed E-state index contributed by atoms with van der Waals surface area (Å²) in [7, 11) is 0. The Hall–Kier alpha value is -3.79. The molecule has 2 aliphatic rings. The number of amides is 2. The smallest absolute Gasteiger partial charge is 0.295 e. The fraction of sp³-hybridized carbons (Fsp3) is 0.500. The zero-order valence-electron chi connectivity index (χ0n) is 23.5. The summed E-state index contributed by atoms with van der Waals surface area (Å²) in [5.41, 5.74) is 3.83. The summed E-state index contributed by atoms with van der Waals surface area (Å²) in [6.07, 6.45) is 4.96. The summed E-state index contributed by atoms with van der Waals surface area (Å²) in [6.45, 7) is 8.89. The van der Waals surface area contributed by atoms with Crippen LogP contribution in [0.5, 0.6) is 11.5 Å². The van der Waals surface area contributed by atoms with E-state index in [1.165, 1.54) is 6.92 Å². The van der Waals surface area contributed by atoms with Crippen LogP contribution in [0.4, 0.5) is 17.4 Å². The van der Waals surface area contributed by atoms with Gasteiger partial charge in [0, 0.05) is 44.2 Å². The topological polar surface area (TPSA) is 118 Å². The van der Waals surface area contributed by atoms with Crippen molar-refractivity contribution >= 4 is 40.3 Å². The number of aromatic nitrogens is 1. The van der Waals surface area contributed by atoms with Gasteiger partial charge in [0.25, 0.3) is 6.01 Å². The Morgan fingerprint density at radius 3 is 2.30 bits per heavy atom. The number of likely N-dealkylation sites (tertiary alicyclic amines) is 1. The van der Waals surface area contributed by atoms with Crippen molar-refractivity contribution in [3.8, 4) is 11.5 Å². The Kier molecular flexibility index (Phi) is 8.74. The predicted molar refractivity (Wildman–Crippen MR) is 155 cm³/mol. The van der Waals surface area contributed by atoms with Crippen LogP contribution in [0.15, 0.2) is 34.7 Å². The standard InChI is InChI=1S/C30H39N5O5/c1-4-38-26-15-20(16-27(39-5-2)28(26)31-19(3)36)18-35-13-11-22(12-14-35)33-30-34-24-17-23(9-10-25(24)40-30)32-29(37)21-7-6-8-21/h9-10,15-17,21-22H,4-8,11-14,18H2,1-3H3,(H,31,36)(H,32,37)(H,33,34). The van der Waals surface area contributed by atoms with Gasteiger partial charge in [-0.1, -0.05) is 6.42 Å². The van der Waals surface area contributed by atoms with E-state index in [1.54, 1.807) is 0 Å². The van der Waals surface area contributed by atoms with E-state index in [9.17, 15) is 9.59 Å². The minimum absolute atomic E-state index is 0.0890. The molecule has 1 saturated carbocycles. The lowest BCUT2D eigenvalue weighted by Crippen LogP contribution is -2.38. The Morgan fingerprint density at radius 1 is 1.00 bits per heavy atom. The average Bonchev–Trinajstić information content (AvgIpc) is 3.28. The van der Waals surface area contributed by atoms with E-state index < -0.39 is 0 Å². The summed E-state index contributed by atoms with van der Waals surface area (Å²) in [6, 6.07) is 10.3. The first-order chi connectivity index (χ1) is 19.4. The number of benzene rings is 2. The van der Waals surface area contributed by atoms with Gasteiger partial charge in [0.2, 0.25) is 11.8 Å². The molecule has 10 heteroatoms. The van der Waals surface area contributed by atoms with Crippen LogP contribution in [-0.2, 0) is 16.1 Å². The first kappa shape index (κ1) is 27.8. The molecule has 2 heterocycles. The molecular weight excluding hydrogens is 510 g/mol. The molecule has 0 spiro atoms. The Bertz CT molecular complexity index is 1320. The normalized spacial score (nSPS) is 16.4. The maximum Gasteiger partial charge on any atom is 0.295 e. The lowest BCUT2D eigenvalue weighted by atomic mass is 9.85. The first-order valence-electron chi connectivity index (χ1n) is 14.3. The van der Waals surface area contributed by atoms with Crippen molar-refractivity contribution in [2.24, 2.45) is 5.92 Å². The monoisotopic (exact) mass is 549 g/mol. The van der Waals surface area contributed by atoms with Crippen molar-refractivity contribution in [3.63, 3.8) is 0 Å². The van der Waals surface area contributed by atoms with E-state index in [0.717, 1.165) is 68.5 Å². The summed E-state index contributed by atoms with van der Waals surface area (Å²) in [5, 5.41) is 9.32. The maximum absolute atomic E-state index is 12.3. The molecule has 10 nitrogen and oxygen atoms in total. The summed E-state index contributed by atoms with van der Waals surface area (Å²) >= 11 is 0. The van der Waals surface area contributed by atoms with Crippen molar-refractivity contribution < 1.29 is 23.5 Å². The highest BCUT2D eigenvalue weighted by Gasteiger charge is 2.26. The van der Waals surface area contributed by atoms with Gasteiger partial charge in [-0.3, -0.25) is 14.5 Å². The van der Waals surface area contributed by atoms with Gasteiger partial charge in [0.15, 0.2) is 5.58 Å². The molecule has 1 aromatic heterocycles. The minimum atomic E-state index is -0.167. The summed E-state index contributed by atoms with van der Waals surface area (Å²) in [5.74, 6) is 1.30. The lowest BCUT2D eigenvalue weighted by molar-refractivity contribution is -0.122. The Morgan fingerprint density at radius 2 is 1.70 bits per heavy atom. The highest BCUT2D eigenvalue weighted by molar-refractivity contribution is 5.95. The second-order valence-corrected chi connectivity index (χ2v) is 10.5. The van der Waals surface area contributed by atoms with Crippen molar-refractivity contribution in [1.82, 2.24) is 9.88 Å². The van der Waals surface area contributed by atoms with E-state index in [1.807, 2.05) is 44.2 Å². The fourth-order valence-corrected chi connectivity index (χ4v) is 5.22. The van der Waals surface area contributed by atoms with Crippen LogP contribution in [-0.4, -0.2) is 54.0 Å². The number of carbonyl (C=O) groups is 2. The molecule has 1 aliphatic carbocycles. The van der Waals surface area contributed by atoms with Gasteiger partial charge < -0.3 is 29.8 Å². The highest BCUT2D eigenvalue weighted by atomic mass is 16.5. The molecule has 0 unspecified atom stereocenters. The molecule has 2 aromatic carbocycles. The third-order valence-corrected chi connectivity index (χ3v) is 7.48. The quantitative estimate of drug-likeness (QED) is 0.291. The number of nitrogens with one attached hydrogen (secondary N) is 3. The van der Waals surface area contributed by atoms with E-state index in [-0.39, 0.29) is 23.8 Å².